The van der Waals surface area contributed by atoms with Crippen molar-refractivity contribution < 1.29 is 24.2 Å². The molecule has 1 fully saturated rings. The number of carbonyl (C=O) groups is 2. The van der Waals surface area contributed by atoms with Gasteiger partial charge in [-0.2, -0.15) is 0 Å². The van der Waals surface area contributed by atoms with Gasteiger partial charge in [0, 0.05) is 13.2 Å². The standard InChI is InChI=1S/C15H27NO5/c1-4-15(5-2,14(18)19)10-16-13(17)11(3)21-9-12-7-6-8-20-12/h11-12H,4-10H2,1-3H3,(H,16,17)(H,18,19). The minimum absolute atomic E-state index is 0.0737. The van der Waals surface area contributed by atoms with Crippen LogP contribution in [0.2, 0.25) is 0 Å². The molecule has 0 aromatic heterocycles. The number of carbonyl (C=O) groups excluding carboxylic acids is 1. The fourth-order valence-corrected chi connectivity index (χ4v) is 2.38. The number of carboxylic acids is 1. The van der Waals surface area contributed by atoms with Crippen molar-refractivity contribution in [3.8, 4) is 0 Å². The van der Waals surface area contributed by atoms with Crippen LogP contribution in [0.5, 0.6) is 0 Å². The fourth-order valence-electron chi connectivity index (χ4n) is 2.38. The monoisotopic (exact) mass is 301 g/mol. The summed E-state index contributed by atoms with van der Waals surface area (Å²) in [4.78, 5) is 23.3. The highest BCUT2D eigenvalue weighted by Crippen LogP contribution is 2.25. The lowest BCUT2D eigenvalue weighted by molar-refractivity contribution is -0.149. The molecule has 0 saturated carbocycles. The van der Waals surface area contributed by atoms with E-state index in [0.717, 1.165) is 19.4 Å². The Hall–Kier alpha value is -1.14. The van der Waals surface area contributed by atoms with E-state index in [1.54, 1.807) is 6.92 Å². The van der Waals surface area contributed by atoms with Gasteiger partial charge in [-0.3, -0.25) is 9.59 Å². The zero-order valence-electron chi connectivity index (χ0n) is 13.2. The van der Waals surface area contributed by atoms with Crippen molar-refractivity contribution in [2.45, 2.75) is 58.7 Å². The van der Waals surface area contributed by atoms with Crippen LogP contribution in [-0.2, 0) is 19.1 Å². The van der Waals surface area contributed by atoms with Crippen LogP contribution >= 0.6 is 0 Å². The number of nitrogens with one attached hydrogen (secondary N) is 1. The van der Waals surface area contributed by atoms with E-state index in [0.29, 0.717) is 19.4 Å². The Labute approximate surface area is 126 Å². The average molecular weight is 301 g/mol. The van der Waals surface area contributed by atoms with Crippen LogP contribution < -0.4 is 5.32 Å². The Morgan fingerprint density at radius 3 is 2.57 bits per heavy atom. The van der Waals surface area contributed by atoms with Crippen molar-refractivity contribution >= 4 is 11.9 Å². The molecule has 1 amide bonds. The van der Waals surface area contributed by atoms with Gasteiger partial charge in [-0.15, -0.1) is 0 Å². The van der Waals surface area contributed by atoms with Gasteiger partial charge < -0.3 is 19.9 Å². The van der Waals surface area contributed by atoms with Crippen molar-refractivity contribution in [1.82, 2.24) is 5.32 Å². The lowest BCUT2D eigenvalue weighted by atomic mass is 9.82. The number of amides is 1. The maximum Gasteiger partial charge on any atom is 0.311 e. The molecular formula is C15H27NO5. The molecule has 2 N–H and O–H groups in total. The lowest BCUT2D eigenvalue weighted by Gasteiger charge is -2.27. The molecule has 1 heterocycles. The van der Waals surface area contributed by atoms with Gasteiger partial charge in [0.05, 0.1) is 18.1 Å². The molecule has 2 unspecified atom stereocenters. The van der Waals surface area contributed by atoms with Gasteiger partial charge in [-0.1, -0.05) is 13.8 Å². The Morgan fingerprint density at radius 1 is 1.43 bits per heavy atom. The molecule has 2 atom stereocenters. The maximum atomic E-state index is 12.0. The number of carboxylic acid groups (broad SMARTS) is 1. The summed E-state index contributed by atoms with van der Waals surface area (Å²) in [5, 5.41) is 12.0. The molecule has 1 rings (SSSR count). The predicted molar refractivity (Wildman–Crippen MR) is 78.0 cm³/mol. The van der Waals surface area contributed by atoms with E-state index in [1.807, 2.05) is 13.8 Å². The maximum absolute atomic E-state index is 12.0. The Kier molecular flexibility index (Phi) is 7.11. The minimum Gasteiger partial charge on any atom is -0.481 e. The molecule has 1 saturated heterocycles. The topological polar surface area (TPSA) is 84.9 Å². The second kappa shape index (κ2) is 8.34. The van der Waals surface area contributed by atoms with Crippen LogP contribution in [-0.4, -0.2) is 48.9 Å². The van der Waals surface area contributed by atoms with Crippen molar-refractivity contribution in [3.05, 3.63) is 0 Å². The van der Waals surface area contributed by atoms with Gasteiger partial charge in [0.15, 0.2) is 0 Å². The largest absolute Gasteiger partial charge is 0.481 e. The zero-order chi connectivity index (χ0) is 15.9. The quantitative estimate of drug-likeness (QED) is 0.675. The van der Waals surface area contributed by atoms with Crippen LogP contribution in [0.4, 0.5) is 0 Å². The molecule has 6 heteroatoms. The van der Waals surface area contributed by atoms with Gasteiger partial charge >= 0.3 is 5.97 Å². The Balaban J connectivity index is 2.38. The molecule has 0 bridgehead atoms. The molecule has 0 aromatic rings. The third kappa shape index (κ3) is 4.97. The molecule has 0 spiro atoms. The summed E-state index contributed by atoms with van der Waals surface area (Å²) < 4.78 is 10.9. The molecular weight excluding hydrogens is 274 g/mol. The lowest BCUT2D eigenvalue weighted by Crippen LogP contribution is -2.45. The third-order valence-electron chi connectivity index (χ3n) is 4.33. The van der Waals surface area contributed by atoms with Crippen molar-refractivity contribution in [1.29, 1.82) is 0 Å². The van der Waals surface area contributed by atoms with Gasteiger partial charge in [0.25, 0.3) is 0 Å². The van der Waals surface area contributed by atoms with E-state index >= 15 is 0 Å². The van der Waals surface area contributed by atoms with Crippen molar-refractivity contribution in [3.63, 3.8) is 0 Å². The van der Waals surface area contributed by atoms with Crippen LogP contribution in [0.15, 0.2) is 0 Å². The average Bonchev–Trinajstić information content (AvgIpc) is 2.99. The van der Waals surface area contributed by atoms with Gasteiger partial charge in [-0.25, -0.2) is 0 Å². The second-order valence-electron chi connectivity index (χ2n) is 5.62. The predicted octanol–water partition coefficient (Wildman–Crippen LogP) is 1.58. The number of ether oxygens (including phenoxy) is 2. The number of rotatable bonds is 9. The smallest absolute Gasteiger partial charge is 0.311 e. The van der Waals surface area contributed by atoms with Crippen LogP contribution in [0.1, 0.15) is 46.5 Å². The first kappa shape index (κ1) is 17.9. The first-order valence-corrected chi connectivity index (χ1v) is 7.69. The van der Waals surface area contributed by atoms with Crippen molar-refractivity contribution in [2.24, 2.45) is 5.41 Å². The Bertz CT molecular complexity index is 348. The molecule has 122 valence electrons. The first-order chi connectivity index (χ1) is 9.95. The Morgan fingerprint density at radius 2 is 2.10 bits per heavy atom. The normalized spacial score (nSPS) is 20.2. The van der Waals surface area contributed by atoms with E-state index in [-0.39, 0.29) is 18.6 Å². The van der Waals surface area contributed by atoms with Gasteiger partial charge in [0.2, 0.25) is 5.91 Å². The summed E-state index contributed by atoms with van der Waals surface area (Å²) >= 11 is 0. The summed E-state index contributed by atoms with van der Waals surface area (Å²) in [6, 6.07) is 0. The SMILES string of the molecule is CCC(CC)(CNC(=O)C(C)OCC1CCCO1)C(=O)O. The van der Waals surface area contributed by atoms with Crippen LogP contribution in [0.3, 0.4) is 0 Å². The molecule has 0 aromatic carbocycles. The molecule has 21 heavy (non-hydrogen) atoms. The first-order valence-electron chi connectivity index (χ1n) is 7.69. The van der Waals surface area contributed by atoms with Crippen molar-refractivity contribution in [2.75, 3.05) is 19.8 Å². The third-order valence-corrected chi connectivity index (χ3v) is 4.33. The summed E-state index contributed by atoms with van der Waals surface area (Å²) in [6.45, 7) is 6.59. The highest BCUT2D eigenvalue weighted by atomic mass is 16.5. The summed E-state index contributed by atoms with van der Waals surface area (Å²) in [6.07, 6.45) is 2.42. The minimum atomic E-state index is -0.899. The number of aliphatic carboxylic acids is 1. The highest BCUT2D eigenvalue weighted by Gasteiger charge is 2.35. The molecule has 1 aliphatic heterocycles. The number of hydrogen-bond acceptors (Lipinski definition) is 4. The second-order valence-corrected chi connectivity index (χ2v) is 5.62. The van der Waals surface area contributed by atoms with E-state index in [4.69, 9.17) is 9.47 Å². The molecule has 0 radical (unpaired) electrons. The van der Waals surface area contributed by atoms with E-state index < -0.39 is 17.5 Å². The summed E-state index contributed by atoms with van der Waals surface area (Å²) in [7, 11) is 0. The van der Waals surface area contributed by atoms with Gasteiger partial charge in [-0.05, 0) is 32.6 Å². The zero-order valence-corrected chi connectivity index (χ0v) is 13.2. The van der Waals surface area contributed by atoms with Crippen LogP contribution in [0, 0.1) is 5.41 Å². The summed E-state index contributed by atoms with van der Waals surface area (Å²) in [5.74, 6) is -1.15. The molecule has 0 aliphatic carbocycles. The van der Waals surface area contributed by atoms with E-state index in [1.165, 1.54) is 0 Å². The van der Waals surface area contributed by atoms with E-state index in [9.17, 15) is 14.7 Å². The molecule has 1 aliphatic rings. The number of hydrogen-bond donors (Lipinski definition) is 2. The fraction of sp³-hybridized carbons (Fsp3) is 0.867. The van der Waals surface area contributed by atoms with Crippen LogP contribution in [0.25, 0.3) is 0 Å². The molecule has 6 nitrogen and oxygen atoms in total. The van der Waals surface area contributed by atoms with E-state index in [2.05, 4.69) is 5.32 Å². The van der Waals surface area contributed by atoms with Gasteiger partial charge in [0.1, 0.15) is 6.10 Å². The highest BCUT2D eigenvalue weighted by molar-refractivity contribution is 5.82. The summed E-state index contributed by atoms with van der Waals surface area (Å²) in [5.41, 5.74) is -0.899.